The average molecular weight is 172 g/mol. The number of hydrogen-bond acceptors (Lipinski definition) is 1. The van der Waals surface area contributed by atoms with E-state index in [1.807, 2.05) is 18.2 Å². The summed E-state index contributed by atoms with van der Waals surface area (Å²) in [6.45, 7) is 3.48. The maximum absolute atomic E-state index is 11.3. The number of rotatable bonds is 3. The summed E-state index contributed by atoms with van der Waals surface area (Å²) in [6.07, 6.45) is 3.91. The van der Waals surface area contributed by atoms with Gasteiger partial charge in [-0.15, -0.1) is 0 Å². The van der Waals surface area contributed by atoms with E-state index in [4.69, 9.17) is 0 Å². The van der Waals surface area contributed by atoms with Crippen molar-refractivity contribution in [3.05, 3.63) is 48.0 Å². The van der Waals surface area contributed by atoms with Gasteiger partial charge in [0.2, 0.25) is 0 Å². The third-order valence-corrected chi connectivity index (χ3v) is 2.41. The minimum atomic E-state index is 0.0162. The summed E-state index contributed by atoms with van der Waals surface area (Å²) in [7, 11) is 0. The molecule has 1 fully saturated rings. The van der Waals surface area contributed by atoms with Crippen molar-refractivity contribution in [1.82, 2.24) is 0 Å². The first-order valence-corrected chi connectivity index (χ1v) is 4.58. The van der Waals surface area contributed by atoms with Crippen LogP contribution in [-0.2, 0) is 0 Å². The zero-order valence-electron chi connectivity index (χ0n) is 7.49. The molecule has 0 unspecified atom stereocenters. The van der Waals surface area contributed by atoms with Gasteiger partial charge >= 0.3 is 0 Å². The molecule has 13 heavy (non-hydrogen) atoms. The topological polar surface area (TPSA) is 17.1 Å². The Labute approximate surface area is 78.1 Å². The first-order valence-electron chi connectivity index (χ1n) is 4.58. The van der Waals surface area contributed by atoms with Crippen molar-refractivity contribution in [2.45, 2.75) is 18.8 Å². The van der Waals surface area contributed by atoms with Crippen molar-refractivity contribution in [2.75, 3.05) is 0 Å². The summed E-state index contributed by atoms with van der Waals surface area (Å²) in [6, 6.07) is 7.87. The minimum absolute atomic E-state index is 0.0162. The summed E-state index contributed by atoms with van der Waals surface area (Å²) in [5, 5.41) is 0. The number of carbonyl (C=O) groups is 1. The van der Waals surface area contributed by atoms with Crippen LogP contribution < -0.4 is 0 Å². The minimum Gasteiger partial charge on any atom is -0.289 e. The fraction of sp³-hybridized carbons (Fsp3) is 0.250. The Bertz CT molecular complexity index is 348. The Balaban J connectivity index is 2.31. The quantitative estimate of drug-likeness (QED) is 0.506. The second-order valence-electron chi connectivity index (χ2n) is 3.47. The Morgan fingerprint density at radius 1 is 1.46 bits per heavy atom. The molecule has 1 nitrogen and oxygen atoms in total. The number of benzene rings is 1. The normalized spacial score (nSPS) is 15.4. The Hall–Kier alpha value is -1.37. The number of ketones is 1. The number of carbonyl (C=O) groups excluding carboxylic acids is 1. The molecule has 1 heteroatoms. The van der Waals surface area contributed by atoms with E-state index >= 15 is 0 Å². The molecular weight excluding hydrogens is 160 g/mol. The monoisotopic (exact) mass is 172 g/mol. The lowest BCUT2D eigenvalue weighted by atomic mass is 10.0. The van der Waals surface area contributed by atoms with E-state index in [0.717, 1.165) is 5.56 Å². The van der Waals surface area contributed by atoms with Crippen molar-refractivity contribution in [3.8, 4) is 0 Å². The molecule has 1 aromatic rings. The fourth-order valence-corrected chi connectivity index (χ4v) is 1.48. The van der Waals surface area contributed by atoms with Gasteiger partial charge in [-0.3, -0.25) is 4.79 Å². The summed E-state index contributed by atoms with van der Waals surface area (Å²) in [4.78, 5) is 11.3. The smallest absolute Gasteiger partial charge is 0.185 e. The third kappa shape index (κ3) is 1.69. The van der Waals surface area contributed by atoms with Gasteiger partial charge in [0.05, 0.1) is 0 Å². The second-order valence-corrected chi connectivity index (χ2v) is 3.47. The Kier molecular flexibility index (Phi) is 2.01. The van der Waals surface area contributed by atoms with Crippen molar-refractivity contribution in [1.29, 1.82) is 0 Å². The third-order valence-electron chi connectivity index (χ3n) is 2.41. The lowest BCUT2D eigenvalue weighted by molar-refractivity contribution is 0.104. The molecule has 0 spiro atoms. The van der Waals surface area contributed by atoms with Crippen LogP contribution in [0.25, 0.3) is 0 Å². The Morgan fingerprint density at radius 3 is 2.85 bits per heavy atom. The zero-order chi connectivity index (χ0) is 9.26. The molecule has 1 aliphatic carbocycles. The van der Waals surface area contributed by atoms with E-state index in [9.17, 15) is 4.79 Å². The average Bonchev–Trinajstić information content (AvgIpc) is 3.00. The van der Waals surface area contributed by atoms with Crippen LogP contribution in [0.4, 0.5) is 0 Å². The molecule has 0 atom stereocenters. The highest BCUT2D eigenvalue weighted by Crippen LogP contribution is 2.40. The van der Waals surface area contributed by atoms with Crippen LogP contribution in [0.1, 0.15) is 34.7 Å². The summed E-state index contributed by atoms with van der Waals surface area (Å²) in [5.41, 5.74) is 2.06. The highest BCUT2D eigenvalue weighted by atomic mass is 16.1. The van der Waals surface area contributed by atoms with E-state index in [2.05, 4.69) is 12.6 Å². The molecule has 1 saturated carbocycles. The SMILES string of the molecule is C=CC(=O)c1cccc(C2CC2)c1. The zero-order valence-corrected chi connectivity index (χ0v) is 7.49. The first kappa shape index (κ1) is 8.24. The highest BCUT2D eigenvalue weighted by Gasteiger charge is 2.23. The van der Waals surface area contributed by atoms with Crippen LogP contribution in [0.5, 0.6) is 0 Å². The van der Waals surface area contributed by atoms with Crippen molar-refractivity contribution >= 4 is 5.78 Å². The fourth-order valence-electron chi connectivity index (χ4n) is 1.48. The van der Waals surface area contributed by atoms with Crippen LogP contribution in [0, 0.1) is 0 Å². The molecule has 0 aliphatic heterocycles. The first-order chi connectivity index (χ1) is 6.31. The van der Waals surface area contributed by atoms with Crippen molar-refractivity contribution < 1.29 is 4.79 Å². The van der Waals surface area contributed by atoms with Gasteiger partial charge in [-0.25, -0.2) is 0 Å². The molecule has 0 bridgehead atoms. The van der Waals surface area contributed by atoms with Gasteiger partial charge in [-0.2, -0.15) is 0 Å². The van der Waals surface area contributed by atoms with Crippen LogP contribution in [0.15, 0.2) is 36.9 Å². The van der Waals surface area contributed by atoms with Gasteiger partial charge in [0.1, 0.15) is 0 Å². The van der Waals surface area contributed by atoms with Crippen molar-refractivity contribution in [2.24, 2.45) is 0 Å². The molecule has 0 saturated heterocycles. The van der Waals surface area contributed by atoms with Gasteiger partial charge in [0.25, 0.3) is 0 Å². The lowest BCUT2D eigenvalue weighted by Gasteiger charge is -2.00. The predicted molar refractivity (Wildman–Crippen MR) is 52.9 cm³/mol. The molecule has 1 aliphatic rings. The van der Waals surface area contributed by atoms with E-state index in [1.165, 1.54) is 24.5 Å². The van der Waals surface area contributed by atoms with Crippen LogP contribution >= 0.6 is 0 Å². The molecule has 0 heterocycles. The Morgan fingerprint density at radius 2 is 2.23 bits per heavy atom. The summed E-state index contributed by atoms with van der Waals surface area (Å²) >= 11 is 0. The van der Waals surface area contributed by atoms with E-state index in [0.29, 0.717) is 5.92 Å². The van der Waals surface area contributed by atoms with E-state index < -0.39 is 0 Å². The molecule has 0 N–H and O–H groups in total. The molecule has 2 rings (SSSR count). The lowest BCUT2D eigenvalue weighted by Crippen LogP contribution is -1.94. The standard InChI is InChI=1S/C12H12O/c1-2-12(13)11-5-3-4-10(8-11)9-6-7-9/h2-5,8-9H,1,6-7H2. The van der Waals surface area contributed by atoms with Crippen LogP contribution in [-0.4, -0.2) is 5.78 Å². The van der Waals surface area contributed by atoms with Gasteiger partial charge in [0.15, 0.2) is 5.78 Å². The van der Waals surface area contributed by atoms with E-state index in [-0.39, 0.29) is 5.78 Å². The summed E-state index contributed by atoms with van der Waals surface area (Å²) in [5.74, 6) is 0.722. The largest absolute Gasteiger partial charge is 0.289 e. The highest BCUT2D eigenvalue weighted by molar-refractivity contribution is 6.04. The molecular formula is C12H12O. The van der Waals surface area contributed by atoms with Crippen LogP contribution in [0.2, 0.25) is 0 Å². The molecule has 66 valence electrons. The van der Waals surface area contributed by atoms with Gasteiger partial charge in [-0.05, 0) is 36.5 Å². The van der Waals surface area contributed by atoms with Crippen molar-refractivity contribution in [3.63, 3.8) is 0 Å². The van der Waals surface area contributed by atoms with Gasteiger partial charge in [-0.1, -0.05) is 24.8 Å². The predicted octanol–water partition coefficient (Wildman–Crippen LogP) is 2.93. The second kappa shape index (κ2) is 3.17. The molecule has 0 radical (unpaired) electrons. The van der Waals surface area contributed by atoms with E-state index in [1.54, 1.807) is 0 Å². The van der Waals surface area contributed by atoms with Gasteiger partial charge < -0.3 is 0 Å². The molecule has 1 aromatic carbocycles. The number of allylic oxidation sites excluding steroid dienone is 1. The maximum atomic E-state index is 11.3. The van der Waals surface area contributed by atoms with Crippen LogP contribution in [0.3, 0.4) is 0 Å². The summed E-state index contributed by atoms with van der Waals surface area (Å²) < 4.78 is 0. The maximum Gasteiger partial charge on any atom is 0.185 e. The van der Waals surface area contributed by atoms with Gasteiger partial charge in [0, 0.05) is 5.56 Å². The molecule has 0 aromatic heterocycles. The molecule has 0 amide bonds. The number of hydrogen-bond donors (Lipinski definition) is 0.